The van der Waals surface area contributed by atoms with Crippen LogP contribution in [0, 0.1) is 18.7 Å². The first-order chi connectivity index (χ1) is 11.6. The summed E-state index contributed by atoms with van der Waals surface area (Å²) in [7, 11) is 1.67. The van der Waals surface area contributed by atoms with E-state index in [-0.39, 0.29) is 17.6 Å². The monoisotopic (exact) mass is 332 g/mol. The van der Waals surface area contributed by atoms with E-state index in [0.29, 0.717) is 29.4 Å². The summed E-state index contributed by atoms with van der Waals surface area (Å²) in [5.74, 6) is 0.805. The molecule has 0 unspecified atom stereocenters. The Labute approximate surface area is 140 Å². The molecule has 7 heteroatoms. The molecule has 0 aliphatic carbocycles. The Morgan fingerprint density at radius 3 is 2.83 bits per heavy atom. The predicted molar refractivity (Wildman–Crippen MR) is 86.5 cm³/mol. The number of hydrogen-bond donors (Lipinski definition) is 1. The number of carbonyl (C=O) groups excluding carboxylic acids is 1. The van der Waals surface area contributed by atoms with Crippen molar-refractivity contribution in [3.8, 4) is 11.4 Å². The molecule has 0 spiro atoms. The van der Waals surface area contributed by atoms with Crippen molar-refractivity contribution < 1.29 is 13.7 Å². The van der Waals surface area contributed by atoms with E-state index < -0.39 is 0 Å². The molecule has 0 saturated carbocycles. The molecule has 2 heterocycles. The molecular formula is C17H21FN4O2. The summed E-state index contributed by atoms with van der Waals surface area (Å²) in [6.45, 7) is 3.88. The Bertz CT molecular complexity index is 723. The van der Waals surface area contributed by atoms with Gasteiger partial charge >= 0.3 is 0 Å². The largest absolute Gasteiger partial charge is 0.359 e. The van der Waals surface area contributed by atoms with Gasteiger partial charge in [0.2, 0.25) is 17.6 Å². The molecule has 128 valence electrons. The van der Waals surface area contributed by atoms with E-state index in [9.17, 15) is 9.18 Å². The number of likely N-dealkylation sites (tertiary alicyclic amines) is 1. The second kappa shape index (κ2) is 7.09. The van der Waals surface area contributed by atoms with Crippen molar-refractivity contribution in [1.82, 2.24) is 20.4 Å². The summed E-state index contributed by atoms with van der Waals surface area (Å²) < 4.78 is 18.9. The molecule has 0 atom stereocenters. The Balaban J connectivity index is 1.61. The Morgan fingerprint density at radius 2 is 2.17 bits per heavy atom. The number of nitrogens with one attached hydrogen (secondary N) is 1. The van der Waals surface area contributed by atoms with Gasteiger partial charge in [-0.05, 0) is 44.5 Å². The first-order valence-electron chi connectivity index (χ1n) is 8.10. The first-order valence-corrected chi connectivity index (χ1v) is 8.10. The van der Waals surface area contributed by atoms with Gasteiger partial charge in [-0.1, -0.05) is 17.3 Å². The van der Waals surface area contributed by atoms with E-state index in [2.05, 4.69) is 20.4 Å². The lowest BCUT2D eigenvalue weighted by atomic mass is 9.96. The molecule has 6 nitrogen and oxygen atoms in total. The normalized spacial score (nSPS) is 16.3. The number of aryl methyl sites for hydroxylation is 1. The van der Waals surface area contributed by atoms with Gasteiger partial charge in [-0.2, -0.15) is 4.98 Å². The molecule has 3 rings (SSSR count). The molecule has 1 amide bonds. The van der Waals surface area contributed by atoms with Crippen LogP contribution < -0.4 is 5.32 Å². The van der Waals surface area contributed by atoms with Crippen molar-refractivity contribution in [1.29, 1.82) is 0 Å². The smallest absolute Gasteiger partial charge is 0.241 e. The van der Waals surface area contributed by atoms with Gasteiger partial charge in [-0.25, -0.2) is 4.39 Å². The lowest BCUT2D eigenvalue weighted by Crippen LogP contribution is -2.39. The van der Waals surface area contributed by atoms with Crippen molar-refractivity contribution in [3.63, 3.8) is 0 Å². The fourth-order valence-corrected chi connectivity index (χ4v) is 2.92. The zero-order chi connectivity index (χ0) is 17.1. The zero-order valence-electron chi connectivity index (χ0n) is 13.9. The van der Waals surface area contributed by atoms with E-state index in [0.717, 1.165) is 25.9 Å². The van der Waals surface area contributed by atoms with Gasteiger partial charge < -0.3 is 9.84 Å². The second-order valence-electron chi connectivity index (χ2n) is 6.14. The quantitative estimate of drug-likeness (QED) is 0.929. The van der Waals surface area contributed by atoms with Crippen LogP contribution in [0.25, 0.3) is 11.4 Å². The minimum atomic E-state index is -0.282. The highest BCUT2D eigenvalue weighted by Crippen LogP contribution is 2.21. The molecule has 0 radical (unpaired) electrons. The molecule has 2 aromatic rings. The van der Waals surface area contributed by atoms with Crippen molar-refractivity contribution in [2.24, 2.45) is 5.92 Å². The molecule has 1 saturated heterocycles. The molecule has 1 fully saturated rings. The molecule has 1 aliphatic heterocycles. The van der Waals surface area contributed by atoms with Crippen LogP contribution in [0.1, 0.15) is 24.3 Å². The number of hydrogen-bond acceptors (Lipinski definition) is 5. The summed E-state index contributed by atoms with van der Waals surface area (Å²) in [6.07, 6.45) is 1.65. The highest BCUT2D eigenvalue weighted by Gasteiger charge is 2.25. The van der Waals surface area contributed by atoms with Gasteiger partial charge in [0.25, 0.3) is 0 Å². The summed E-state index contributed by atoms with van der Waals surface area (Å²) >= 11 is 0. The number of aromatic nitrogens is 2. The van der Waals surface area contributed by atoms with Crippen LogP contribution in [0.15, 0.2) is 22.7 Å². The maximum atomic E-state index is 13.6. The van der Waals surface area contributed by atoms with Gasteiger partial charge in [0, 0.05) is 18.5 Å². The van der Waals surface area contributed by atoms with E-state index in [1.165, 1.54) is 6.07 Å². The Hall–Kier alpha value is -2.28. The maximum Gasteiger partial charge on any atom is 0.241 e. The van der Waals surface area contributed by atoms with E-state index in [1.54, 1.807) is 26.1 Å². The van der Waals surface area contributed by atoms with Gasteiger partial charge in [0.15, 0.2) is 0 Å². The highest BCUT2D eigenvalue weighted by molar-refractivity contribution is 5.78. The van der Waals surface area contributed by atoms with Crippen molar-refractivity contribution >= 4 is 5.91 Å². The number of rotatable bonds is 4. The summed E-state index contributed by atoms with van der Waals surface area (Å²) in [5.41, 5.74) is 1.19. The van der Waals surface area contributed by atoms with E-state index in [1.807, 2.05) is 0 Å². The number of nitrogens with zero attached hydrogens (tertiary/aromatic N) is 3. The Morgan fingerprint density at radius 1 is 1.42 bits per heavy atom. The lowest BCUT2D eigenvalue weighted by molar-refractivity contribution is -0.125. The highest BCUT2D eigenvalue weighted by atomic mass is 19.1. The van der Waals surface area contributed by atoms with Crippen molar-refractivity contribution in [2.45, 2.75) is 26.3 Å². The van der Waals surface area contributed by atoms with Crippen LogP contribution in [0.5, 0.6) is 0 Å². The van der Waals surface area contributed by atoms with E-state index in [4.69, 9.17) is 4.52 Å². The third kappa shape index (κ3) is 3.62. The van der Waals surface area contributed by atoms with Crippen LogP contribution in [-0.4, -0.2) is 41.1 Å². The number of amides is 1. The predicted octanol–water partition coefficient (Wildman–Crippen LogP) is 2.14. The van der Waals surface area contributed by atoms with Gasteiger partial charge in [0.1, 0.15) is 5.82 Å². The standard InChI is InChI=1S/C17H21FN4O2/c1-11-3-4-13(9-14(11)18)16-20-15(24-21-16)10-22-7-5-12(6-8-22)17(23)19-2/h3-4,9,12H,5-8,10H2,1-2H3,(H,19,23). The second-order valence-corrected chi connectivity index (χ2v) is 6.14. The molecule has 1 aromatic heterocycles. The number of benzene rings is 1. The van der Waals surface area contributed by atoms with Gasteiger partial charge in [-0.15, -0.1) is 0 Å². The molecule has 0 bridgehead atoms. The van der Waals surface area contributed by atoms with Crippen LogP contribution in [-0.2, 0) is 11.3 Å². The fourth-order valence-electron chi connectivity index (χ4n) is 2.92. The average Bonchev–Trinajstić information content (AvgIpc) is 3.06. The summed E-state index contributed by atoms with van der Waals surface area (Å²) in [4.78, 5) is 18.2. The summed E-state index contributed by atoms with van der Waals surface area (Å²) in [6, 6.07) is 4.89. The fraction of sp³-hybridized carbons (Fsp3) is 0.471. The number of halogens is 1. The molecular weight excluding hydrogens is 311 g/mol. The maximum absolute atomic E-state index is 13.6. The number of piperidine rings is 1. The van der Waals surface area contributed by atoms with Crippen molar-refractivity contribution in [2.75, 3.05) is 20.1 Å². The van der Waals surface area contributed by atoms with Crippen LogP contribution >= 0.6 is 0 Å². The molecule has 1 aromatic carbocycles. The van der Waals surface area contributed by atoms with Crippen LogP contribution in [0.3, 0.4) is 0 Å². The SMILES string of the molecule is CNC(=O)C1CCN(Cc2nc(-c3ccc(C)c(F)c3)no2)CC1. The van der Waals surface area contributed by atoms with Gasteiger partial charge in [-0.3, -0.25) is 9.69 Å². The molecule has 24 heavy (non-hydrogen) atoms. The minimum absolute atomic E-state index is 0.0834. The minimum Gasteiger partial charge on any atom is -0.359 e. The van der Waals surface area contributed by atoms with Crippen LogP contribution in [0.4, 0.5) is 4.39 Å². The van der Waals surface area contributed by atoms with Crippen molar-refractivity contribution in [3.05, 3.63) is 35.5 Å². The third-order valence-electron chi connectivity index (χ3n) is 4.46. The van der Waals surface area contributed by atoms with E-state index >= 15 is 0 Å². The zero-order valence-corrected chi connectivity index (χ0v) is 13.9. The topological polar surface area (TPSA) is 71.3 Å². The lowest BCUT2D eigenvalue weighted by Gasteiger charge is -2.29. The first kappa shape index (κ1) is 16.6. The molecule has 1 N–H and O–H groups in total. The summed E-state index contributed by atoms with van der Waals surface area (Å²) in [5, 5.41) is 6.64. The third-order valence-corrected chi connectivity index (χ3v) is 4.46. The molecule has 1 aliphatic rings. The van der Waals surface area contributed by atoms with Crippen LogP contribution in [0.2, 0.25) is 0 Å². The number of carbonyl (C=O) groups is 1. The average molecular weight is 332 g/mol. The Kier molecular flexibility index (Phi) is 4.89. The van der Waals surface area contributed by atoms with Gasteiger partial charge in [0.05, 0.1) is 6.54 Å².